The molecule has 0 aromatic carbocycles. The molecule has 1 heterocycles. The smallest absolute Gasteiger partial charge is 0.501 e. The van der Waals surface area contributed by atoms with Crippen LogP contribution in [0.3, 0.4) is 0 Å². The Morgan fingerprint density at radius 1 is 1.54 bits per heavy atom. The Morgan fingerprint density at radius 2 is 2.15 bits per heavy atom. The molecule has 0 amide bonds. The number of rotatable bonds is 2. The highest BCUT2D eigenvalue weighted by atomic mass is 35.5. The van der Waals surface area contributed by atoms with Crippen LogP contribution in [0.1, 0.15) is 19.5 Å². The van der Waals surface area contributed by atoms with Gasteiger partial charge >= 0.3 is 5.69 Å². The summed E-state index contributed by atoms with van der Waals surface area (Å²) in [6.45, 7) is 4.21. The van der Waals surface area contributed by atoms with Crippen molar-refractivity contribution in [2.24, 2.45) is 0 Å². The van der Waals surface area contributed by atoms with Gasteiger partial charge in [0.05, 0.1) is 12.7 Å². The van der Waals surface area contributed by atoms with Crippen molar-refractivity contribution in [1.82, 2.24) is 4.57 Å². The molecule has 0 N–H and O–H groups in total. The molecule has 0 aliphatic carbocycles. The minimum atomic E-state index is -0.489. The minimum absolute atomic E-state index is 0. The van der Waals surface area contributed by atoms with E-state index in [1.807, 2.05) is 13.8 Å². The topological polar surface area (TPSA) is 48.9 Å². The lowest BCUT2D eigenvalue weighted by Gasteiger charge is -2.06. The lowest BCUT2D eigenvalue weighted by atomic mass is 10.3. The van der Waals surface area contributed by atoms with E-state index in [0.717, 1.165) is 0 Å². The van der Waals surface area contributed by atoms with Gasteiger partial charge in [-0.3, -0.25) is 0 Å². The Kier molecular flexibility index (Phi) is 4.48. The molecule has 0 saturated carbocycles. The lowest BCUT2D eigenvalue weighted by molar-refractivity contribution is -0.634. The highest BCUT2D eigenvalue weighted by molar-refractivity contribution is 5.85. The number of nitrogens with zero attached hydrogens (tertiary/aromatic N) is 2. The molecule has 0 atom stereocenters. The maximum absolute atomic E-state index is 11.2. The Hall–Kier alpha value is -1.03. The first kappa shape index (κ1) is 12.0. The number of hydrogen-bond donors (Lipinski definition) is 0. The van der Waals surface area contributed by atoms with Crippen LogP contribution >= 0.6 is 12.4 Å². The van der Waals surface area contributed by atoms with Gasteiger partial charge in [0.2, 0.25) is 0 Å². The summed E-state index contributed by atoms with van der Waals surface area (Å²) in [6.07, 6.45) is 2.23. The Labute approximate surface area is 82.8 Å². The average Bonchev–Trinajstić information content (AvgIpc) is 2.10. The summed E-state index contributed by atoms with van der Waals surface area (Å²) in [6, 6.07) is 1.68. The molecule has 0 spiro atoms. The van der Waals surface area contributed by atoms with Crippen molar-refractivity contribution < 1.29 is 4.73 Å². The van der Waals surface area contributed by atoms with Crippen LogP contribution < -0.4 is 10.4 Å². The fraction of sp³-hybridized carbons (Fsp3) is 0.500. The molecule has 0 aliphatic heterocycles. The molecule has 0 radical (unpaired) electrons. The summed E-state index contributed by atoms with van der Waals surface area (Å²) >= 11 is 0. The van der Waals surface area contributed by atoms with Crippen LogP contribution in [0.15, 0.2) is 17.1 Å². The zero-order chi connectivity index (χ0) is 9.14. The summed E-state index contributed by atoms with van der Waals surface area (Å²) in [7, 11) is 0. The minimum Gasteiger partial charge on any atom is -0.708 e. The van der Waals surface area contributed by atoms with E-state index in [9.17, 15) is 10.0 Å². The van der Waals surface area contributed by atoms with E-state index in [1.54, 1.807) is 12.3 Å². The maximum atomic E-state index is 11.2. The predicted octanol–water partition coefficient (Wildman–Crippen LogP) is 0.486. The third kappa shape index (κ3) is 2.21. The van der Waals surface area contributed by atoms with E-state index < -0.39 is 5.69 Å². The number of aromatic nitrogens is 2. The standard InChI is InChI=1S/C8H12N2O2.ClH/c1-3-7-5-6-9(4-2)8(11)10(7)12;/h5-6H,3-4H2,1-2H3;1H. The number of halogens is 1. The molecule has 1 rings (SSSR count). The van der Waals surface area contributed by atoms with E-state index in [2.05, 4.69) is 0 Å². The number of hydrogen-bond acceptors (Lipinski definition) is 2. The van der Waals surface area contributed by atoms with Gasteiger partial charge in [-0.15, -0.1) is 12.4 Å². The van der Waals surface area contributed by atoms with Gasteiger partial charge in [-0.25, -0.2) is 0 Å². The van der Waals surface area contributed by atoms with Crippen LogP contribution in [0, 0.1) is 5.21 Å². The highest BCUT2D eigenvalue weighted by Gasteiger charge is 2.06. The zero-order valence-electron chi connectivity index (χ0n) is 7.69. The summed E-state index contributed by atoms with van der Waals surface area (Å²) < 4.78 is 1.83. The van der Waals surface area contributed by atoms with Crippen LogP contribution in [0.4, 0.5) is 0 Å². The van der Waals surface area contributed by atoms with Gasteiger partial charge in [-0.05, 0) is 6.92 Å². The molecule has 0 aliphatic rings. The predicted molar refractivity (Wildman–Crippen MR) is 52.0 cm³/mol. The summed E-state index contributed by atoms with van der Waals surface area (Å²) in [5.74, 6) is 0. The van der Waals surface area contributed by atoms with Gasteiger partial charge in [-0.2, -0.15) is 14.1 Å². The molecule has 1 aromatic heterocycles. The molecule has 1 aromatic rings. The molecule has 0 fully saturated rings. The molecule has 0 unspecified atom stereocenters. The molecular weight excluding hydrogens is 192 g/mol. The highest BCUT2D eigenvalue weighted by Crippen LogP contribution is 1.88. The molecule has 0 saturated heterocycles. The molecule has 4 nitrogen and oxygen atoms in total. The molecule has 0 bridgehead atoms. The lowest BCUT2D eigenvalue weighted by Crippen LogP contribution is -2.52. The van der Waals surface area contributed by atoms with E-state index in [-0.39, 0.29) is 12.4 Å². The largest absolute Gasteiger partial charge is 0.708 e. The van der Waals surface area contributed by atoms with Crippen molar-refractivity contribution in [2.45, 2.75) is 26.8 Å². The van der Waals surface area contributed by atoms with Gasteiger partial charge in [0.15, 0.2) is 0 Å². The van der Waals surface area contributed by atoms with Crippen LogP contribution in [0.2, 0.25) is 0 Å². The van der Waals surface area contributed by atoms with Gasteiger partial charge in [0.1, 0.15) is 5.69 Å². The maximum Gasteiger partial charge on any atom is 0.501 e. The fourth-order valence-electron chi connectivity index (χ4n) is 1.05. The zero-order valence-corrected chi connectivity index (χ0v) is 8.50. The summed E-state index contributed by atoms with van der Waals surface area (Å²) in [5.41, 5.74) is 0.0292. The van der Waals surface area contributed by atoms with Crippen molar-refractivity contribution in [3.8, 4) is 0 Å². The van der Waals surface area contributed by atoms with Crippen molar-refractivity contribution in [3.63, 3.8) is 0 Å². The first-order valence-corrected chi connectivity index (χ1v) is 4.02. The van der Waals surface area contributed by atoms with Gasteiger partial charge in [0.25, 0.3) is 0 Å². The van der Waals surface area contributed by atoms with Crippen molar-refractivity contribution in [3.05, 3.63) is 33.6 Å². The summed E-state index contributed by atoms with van der Waals surface area (Å²) in [5, 5.41) is 11.2. The van der Waals surface area contributed by atoms with E-state index in [0.29, 0.717) is 23.4 Å². The second-order valence-electron chi connectivity index (χ2n) is 2.52. The van der Waals surface area contributed by atoms with Crippen LogP contribution in [0.5, 0.6) is 0 Å². The molecule has 13 heavy (non-hydrogen) atoms. The second-order valence-corrected chi connectivity index (χ2v) is 2.52. The third-order valence-corrected chi connectivity index (χ3v) is 1.83. The molecule has 74 valence electrons. The van der Waals surface area contributed by atoms with Crippen molar-refractivity contribution in [1.29, 1.82) is 0 Å². The van der Waals surface area contributed by atoms with Gasteiger partial charge in [-0.1, -0.05) is 6.92 Å². The average molecular weight is 205 g/mol. The van der Waals surface area contributed by atoms with Crippen LogP contribution in [-0.2, 0) is 13.0 Å². The van der Waals surface area contributed by atoms with E-state index in [4.69, 9.17) is 0 Å². The van der Waals surface area contributed by atoms with Gasteiger partial charge < -0.3 is 5.21 Å². The normalized spacial score (nSPS) is 9.38. The number of aryl methyl sites for hydroxylation is 2. The van der Waals surface area contributed by atoms with Crippen LogP contribution in [-0.4, -0.2) is 4.57 Å². The third-order valence-electron chi connectivity index (χ3n) is 1.83. The van der Waals surface area contributed by atoms with Crippen LogP contribution in [0.25, 0.3) is 0 Å². The van der Waals surface area contributed by atoms with Crippen molar-refractivity contribution in [2.75, 3.05) is 0 Å². The van der Waals surface area contributed by atoms with E-state index in [1.165, 1.54) is 4.57 Å². The molecular formula is C8H13ClN2O2. The monoisotopic (exact) mass is 204 g/mol. The Morgan fingerprint density at radius 3 is 2.62 bits per heavy atom. The van der Waals surface area contributed by atoms with Gasteiger partial charge in [0, 0.05) is 12.5 Å². The second kappa shape index (κ2) is 4.87. The SMILES string of the molecule is CCc1ccn(CC)c(=O)[n+]1[O-].Cl. The Balaban J connectivity index is 0.00000144. The first-order chi connectivity index (χ1) is 5.70. The molecule has 5 heteroatoms. The fourth-order valence-corrected chi connectivity index (χ4v) is 1.05. The van der Waals surface area contributed by atoms with Crippen molar-refractivity contribution >= 4 is 12.4 Å². The summed E-state index contributed by atoms with van der Waals surface area (Å²) in [4.78, 5) is 11.2. The first-order valence-electron chi connectivity index (χ1n) is 4.02. The Bertz CT molecular complexity index is 335. The quantitative estimate of drug-likeness (QED) is 0.520. The van der Waals surface area contributed by atoms with E-state index >= 15 is 0 Å².